The summed E-state index contributed by atoms with van der Waals surface area (Å²) in [7, 11) is 0. The molecule has 0 aliphatic heterocycles. The summed E-state index contributed by atoms with van der Waals surface area (Å²) < 4.78 is 1.04. The van der Waals surface area contributed by atoms with Crippen LogP contribution >= 0.6 is 27.7 Å². The van der Waals surface area contributed by atoms with E-state index in [1.54, 1.807) is 0 Å². The van der Waals surface area contributed by atoms with Crippen molar-refractivity contribution < 1.29 is 4.79 Å². The van der Waals surface area contributed by atoms with Gasteiger partial charge in [-0.15, -0.1) is 11.8 Å². The number of aromatic nitrogens is 2. The van der Waals surface area contributed by atoms with Gasteiger partial charge in [0, 0.05) is 9.37 Å². The topological polar surface area (TPSA) is 57.8 Å². The zero-order valence-corrected chi connectivity index (χ0v) is 14.3. The molecule has 22 heavy (non-hydrogen) atoms. The number of amides is 1. The van der Waals surface area contributed by atoms with E-state index in [0.29, 0.717) is 11.7 Å². The highest BCUT2D eigenvalue weighted by molar-refractivity contribution is 9.10. The number of nitrogens with one attached hydrogen (secondary N) is 2. The number of anilines is 1. The van der Waals surface area contributed by atoms with Crippen LogP contribution in [0.1, 0.15) is 5.56 Å². The first kappa shape index (κ1) is 15.1. The first-order chi connectivity index (χ1) is 10.6. The maximum atomic E-state index is 12.0. The number of rotatable bonds is 4. The summed E-state index contributed by atoms with van der Waals surface area (Å²) in [6.45, 7) is 2.03. The third kappa shape index (κ3) is 3.51. The van der Waals surface area contributed by atoms with Gasteiger partial charge in [0.15, 0.2) is 0 Å². The molecule has 1 aromatic heterocycles. The number of fused-ring (bicyclic) bond motifs is 1. The van der Waals surface area contributed by atoms with E-state index in [1.807, 2.05) is 49.4 Å². The molecule has 3 aromatic rings. The minimum absolute atomic E-state index is 0.0774. The van der Waals surface area contributed by atoms with Crippen molar-refractivity contribution in [3.05, 3.63) is 52.5 Å². The molecular formula is C16H14BrN3OS. The highest BCUT2D eigenvalue weighted by Gasteiger charge is 2.08. The van der Waals surface area contributed by atoms with Gasteiger partial charge in [-0.25, -0.2) is 4.98 Å². The molecule has 3 rings (SSSR count). The summed E-state index contributed by atoms with van der Waals surface area (Å²) in [4.78, 5) is 20.6. The van der Waals surface area contributed by atoms with E-state index in [-0.39, 0.29) is 5.91 Å². The van der Waals surface area contributed by atoms with Gasteiger partial charge in [-0.3, -0.25) is 10.1 Å². The maximum Gasteiger partial charge on any atom is 0.237 e. The van der Waals surface area contributed by atoms with Crippen molar-refractivity contribution in [2.24, 2.45) is 0 Å². The SMILES string of the molecule is Cc1cc(Br)ccc1SCC(=O)Nc1nc2ccccc2[nH]1. The number of benzene rings is 2. The Kier molecular flexibility index (Phi) is 4.49. The maximum absolute atomic E-state index is 12.0. The summed E-state index contributed by atoms with van der Waals surface area (Å²) >= 11 is 4.95. The Hall–Kier alpha value is -1.79. The monoisotopic (exact) mass is 375 g/mol. The summed E-state index contributed by atoms with van der Waals surface area (Å²) in [6, 6.07) is 13.7. The number of nitrogens with zero attached hydrogens (tertiary/aromatic N) is 1. The fourth-order valence-electron chi connectivity index (χ4n) is 2.10. The second-order valence-electron chi connectivity index (χ2n) is 4.85. The first-order valence-electron chi connectivity index (χ1n) is 6.75. The van der Waals surface area contributed by atoms with Crippen molar-refractivity contribution in [2.75, 3.05) is 11.1 Å². The Morgan fingerprint density at radius 1 is 1.32 bits per heavy atom. The molecule has 0 unspecified atom stereocenters. The van der Waals surface area contributed by atoms with Crippen LogP contribution < -0.4 is 5.32 Å². The number of hydrogen-bond acceptors (Lipinski definition) is 3. The molecule has 1 heterocycles. The molecule has 0 aliphatic carbocycles. The van der Waals surface area contributed by atoms with Crippen molar-refractivity contribution in [3.63, 3.8) is 0 Å². The van der Waals surface area contributed by atoms with Crippen LogP contribution in [0.5, 0.6) is 0 Å². The molecule has 112 valence electrons. The molecule has 0 fully saturated rings. The molecule has 6 heteroatoms. The van der Waals surface area contributed by atoms with Crippen LogP contribution in [0.25, 0.3) is 11.0 Å². The van der Waals surface area contributed by atoms with Crippen LogP contribution in [-0.4, -0.2) is 21.6 Å². The number of thioether (sulfide) groups is 1. The largest absolute Gasteiger partial charge is 0.324 e. The van der Waals surface area contributed by atoms with Crippen molar-refractivity contribution in [2.45, 2.75) is 11.8 Å². The van der Waals surface area contributed by atoms with Crippen LogP contribution in [0.3, 0.4) is 0 Å². The normalized spacial score (nSPS) is 10.8. The van der Waals surface area contributed by atoms with Gasteiger partial charge in [0.05, 0.1) is 16.8 Å². The zero-order chi connectivity index (χ0) is 15.5. The summed E-state index contributed by atoms with van der Waals surface area (Å²) in [5.41, 5.74) is 2.90. The van der Waals surface area contributed by atoms with Crippen molar-refractivity contribution in [3.8, 4) is 0 Å². The first-order valence-corrected chi connectivity index (χ1v) is 8.53. The lowest BCUT2D eigenvalue weighted by atomic mass is 10.2. The third-order valence-corrected chi connectivity index (χ3v) is 4.81. The summed E-state index contributed by atoms with van der Waals surface area (Å²) in [5.74, 6) is 0.755. The molecule has 1 amide bonds. The van der Waals surface area contributed by atoms with Crippen molar-refractivity contribution in [1.29, 1.82) is 0 Å². The number of halogens is 1. The Labute approximate surface area is 140 Å². The Bertz CT molecular complexity index is 798. The van der Waals surface area contributed by atoms with Crippen LogP contribution in [-0.2, 0) is 4.79 Å². The van der Waals surface area contributed by atoms with E-state index >= 15 is 0 Å². The Morgan fingerprint density at radius 2 is 2.14 bits per heavy atom. The molecule has 0 radical (unpaired) electrons. The van der Waals surface area contributed by atoms with Crippen molar-refractivity contribution >= 4 is 50.6 Å². The number of aryl methyl sites for hydroxylation is 1. The Morgan fingerprint density at radius 3 is 2.91 bits per heavy atom. The predicted molar refractivity (Wildman–Crippen MR) is 94.3 cm³/mol. The molecular weight excluding hydrogens is 362 g/mol. The van der Waals surface area contributed by atoms with E-state index in [4.69, 9.17) is 0 Å². The van der Waals surface area contributed by atoms with Gasteiger partial charge in [-0.2, -0.15) is 0 Å². The molecule has 0 bridgehead atoms. The predicted octanol–water partition coefficient (Wildman–Crippen LogP) is 4.36. The van der Waals surface area contributed by atoms with Gasteiger partial charge in [0.1, 0.15) is 0 Å². The number of hydrogen-bond donors (Lipinski definition) is 2. The van der Waals surface area contributed by atoms with E-state index in [2.05, 4.69) is 31.2 Å². The number of para-hydroxylation sites is 2. The van der Waals surface area contributed by atoms with Gasteiger partial charge in [0.25, 0.3) is 0 Å². The van der Waals surface area contributed by atoms with Gasteiger partial charge in [0.2, 0.25) is 11.9 Å². The molecule has 4 nitrogen and oxygen atoms in total. The van der Waals surface area contributed by atoms with Gasteiger partial charge >= 0.3 is 0 Å². The van der Waals surface area contributed by atoms with E-state index in [9.17, 15) is 4.79 Å². The van der Waals surface area contributed by atoms with Crippen molar-refractivity contribution in [1.82, 2.24) is 9.97 Å². The lowest BCUT2D eigenvalue weighted by Gasteiger charge is -2.06. The zero-order valence-electron chi connectivity index (χ0n) is 11.9. The minimum Gasteiger partial charge on any atom is -0.324 e. The van der Waals surface area contributed by atoms with Gasteiger partial charge in [-0.1, -0.05) is 28.1 Å². The van der Waals surface area contributed by atoms with E-state index in [1.165, 1.54) is 11.8 Å². The molecule has 2 aromatic carbocycles. The molecule has 0 atom stereocenters. The van der Waals surface area contributed by atoms with Crippen LogP contribution in [0.2, 0.25) is 0 Å². The third-order valence-electron chi connectivity index (χ3n) is 3.14. The summed E-state index contributed by atoms with van der Waals surface area (Å²) in [6.07, 6.45) is 0. The fraction of sp³-hybridized carbons (Fsp3) is 0.125. The van der Waals surface area contributed by atoms with Crippen LogP contribution in [0.4, 0.5) is 5.95 Å². The van der Waals surface area contributed by atoms with Gasteiger partial charge < -0.3 is 4.98 Å². The van der Waals surface area contributed by atoms with Crippen LogP contribution in [0, 0.1) is 6.92 Å². The number of aromatic amines is 1. The van der Waals surface area contributed by atoms with E-state index in [0.717, 1.165) is 26.0 Å². The molecule has 0 spiro atoms. The average molecular weight is 376 g/mol. The lowest BCUT2D eigenvalue weighted by molar-refractivity contribution is -0.113. The summed E-state index contributed by atoms with van der Waals surface area (Å²) in [5, 5.41) is 2.80. The number of imidazole rings is 1. The minimum atomic E-state index is -0.0774. The molecule has 0 saturated heterocycles. The lowest BCUT2D eigenvalue weighted by Crippen LogP contribution is -2.15. The highest BCUT2D eigenvalue weighted by atomic mass is 79.9. The highest BCUT2D eigenvalue weighted by Crippen LogP contribution is 2.25. The molecule has 2 N–H and O–H groups in total. The quantitative estimate of drug-likeness (QED) is 0.665. The standard InChI is InChI=1S/C16H14BrN3OS/c1-10-8-11(17)6-7-14(10)22-9-15(21)20-16-18-12-4-2-3-5-13(12)19-16/h2-8H,9H2,1H3,(H2,18,19,20,21). The fourth-order valence-corrected chi connectivity index (χ4v) is 3.38. The second-order valence-corrected chi connectivity index (χ2v) is 6.78. The average Bonchev–Trinajstić information content (AvgIpc) is 2.88. The van der Waals surface area contributed by atoms with Crippen LogP contribution in [0.15, 0.2) is 51.8 Å². The number of H-pyrrole nitrogens is 1. The van der Waals surface area contributed by atoms with Gasteiger partial charge in [-0.05, 0) is 42.8 Å². The second kappa shape index (κ2) is 6.54. The van der Waals surface area contributed by atoms with E-state index < -0.39 is 0 Å². The molecule has 0 saturated carbocycles. The molecule has 0 aliphatic rings. The smallest absolute Gasteiger partial charge is 0.237 e. The Balaban J connectivity index is 1.62. The number of carbonyl (C=O) groups excluding carboxylic acids is 1. The number of carbonyl (C=O) groups is 1.